The average molecular weight is 512 g/mol. The van der Waals surface area contributed by atoms with Gasteiger partial charge in [-0.1, -0.05) is 24.3 Å². The Morgan fingerprint density at radius 1 is 1.08 bits per heavy atom. The van der Waals surface area contributed by atoms with Gasteiger partial charge in [-0.2, -0.15) is 9.78 Å². The van der Waals surface area contributed by atoms with E-state index >= 15 is 0 Å². The number of nitrogens with one attached hydrogen (secondary N) is 1. The van der Waals surface area contributed by atoms with Crippen LogP contribution in [0.25, 0.3) is 27.6 Å². The van der Waals surface area contributed by atoms with Crippen LogP contribution in [0.4, 0.5) is 11.5 Å². The van der Waals surface area contributed by atoms with Crippen molar-refractivity contribution in [2.24, 2.45) is 5.92 Å². The van der Waals surface area contributed by atoms with E-state index in [-0.39, 0.29) is 18.2 Å². The summed E-state index contributed by atoms with van der Waals surface area (Å²) in [6.45, 7) is 6.26. The van der Waals surface area contributed by atoms with E-state index in [2.05, 4.69) is 10.4 Å². The van der Waals surface area contributed by atoms with Crippen LogP contribution in [0.1, 0.15) is 23.2 Å². The van der Waals surface area contributed by atoms with E-state index in [4.69, 9.17) is 9.40 Å². The summed E-state index contributed by atoms with van der Waals surface area (Å²) in [6.07, 6.45) is 0.166. The van der Waals surface area contributed by atoms with Crippen molar-refractivity contribution in [3.05, 3.63) is 76.8 Å². The van der Waals surface area contributed by atoms with Crippen molar-refractivity contribution < 1.29 is 14.0 Å². The number of aryl methyl sites for hydroxylation is 3. The number of anilines is 2. The second-order valence-electron chi connectivity index (χ2n) is 9.41. The number of fused-ring (bicyclic) bond motifs is 1. The van der Waals surface area contributed by atoms with Gasteiger partial charge >= 0.3 is 0 Å². The SMILES string of the molecule is Cc1cc(NC(=O)C2CC(=O)N(c3ccc(C)c(C)c3)C2)n(-c2nc(-c3cc4ccccc4o3)cs2)n1. The fourth-order valence-corrected chi connectivity index (χ4v) is 5.35. The topological polar surface area (TPSA) is 93.3 Å². The van der Waals surface area contributed by atoms with E-state index in [1.165, 1.54) is 16.9 Å². The molecule has 37 heavy (non-hydrogen) atoms. The third-order valence-corrected chi connectivity index (χ3v) is 7.55. The zero-order chi connectivity index (χ0) is 25.7. The molecule has 9 heteroatoms. The molecule has 1 saturated heterocycles. The van der Waals surface area contributed by atoms with Gasteiger partial charge in [0.15, 0.2) is 5.76 Å². The number of benzene rings is 2. The highest BCUT2D eigenvalue weighted by atomic mass is 32.1. The van der Waals surface area contributed by atoms with Gasteiger partial charge in [0.25, 0.3) is 0 Å². The van der Waals surface area contributed by atoms with Crippen LogP contribution in [0.15, 0.2) is 64.4 Å². The Balaban J connectivity index is 1.21. The number of para-hydroxylation sites is 1. The molecule has 1 fully saturated rings. The Labute approximate surface area is 217 Å². The van der Waals surface area contributed by atoms with Gasteiger partial charge in [-0.05, 0) is 56.2 Å². The maximum Gasteiger partial charge on any atom is 0.230 e. The van der Waals surface area contributed by atoms with Crippen LogP contribution in [0.2, 0.25) is 0 Å². The van der Waals surface area contributed by atoms with E-state index in [1.54, 1.807) is 15.6 Å². The summed E-state index contributed by atoms with van der Waals surface area (Å²) in [5.41, 5.74) is 5.35. The van der Waals surface area contributed by atoms with Crippen molar-refractivity contribution in [1.82, 2.24) is 14.8 Å². The quantitative estimate of drug-likeness (QED) is 0.329. The molecule has 6 rings (SSSR count). The Hall–Kier alpha value is -4.24. The molecule has 2 amide bonds. The Kier molecular flexibility index (Phi) is 5.64. The first-order valence-corrected chi connectivity index (χ1v) is 12.9. The molecule has 4 heterocycles. The predicted molar refractivity (Wildman–Crippen MR) is 144 cm³/mol. The lowest BCUT2D eigenvalue weighted by Gasteiger charge is -2.18. The Morgan fingerprint density at radius 3 is 2.73 bits per heavy atom. The maximum atomic E-state index is 13.2. The minimum atomic E-state index is -0.458. The minimum absolute atomic E-state index is 0.0523. The molecule has 3 aromatic heterocycles. The normalized spacial score (nSPS) is 15.6. The van der Waals surface area contributed by atoms with Gasteiger partial charge in [-0.15, -0.1) is 11.3 Å². The molecule has 0 spiro atoms. The van der Waals surface area contributed by atoms with E-state index < -0.39 is 5.92 Å². The number of hydrogen-bond acceptors (Lipinski definition) is 6. The van der Waals surface area contributed by atoms with Gasteiger partial charge in [0.1, 0.15) is 17.1 Å². The number of furan rings is 1. The molecule has 8 nitrogen and oxygen atoms in total. The van der Waals surface area contributed by atoms with Crippen molar-refractivity contribution in [2.75, 3.05) is 16.8 Å². The highest BCUT2D eigenvalue weighted by molar-refractivity contribution is 7.12. The smallest absolute Gasteiger partial charge is 0.230 e. The number of amides is 2. The average Bonchev–Trinajstić information content (AvgIpc) is 3.66. The van der Waals surface area contributed by atoms with Gasteiger partial charge in [0.05, 0.1) is 11.6 Å². The van der Waals surface area contributed by atoms with E-state index in [9.17, 15) is 9.59 Å². The van der Waals surface area contributed by atoms with E-state index in [1.807, 2.05) is 74.7 Å². The van der Waals surface area contributed by atoms with Gasteiger partial charge in [-0.25, -0.2) is 4.98 Å². The number of rotatable bonds is 5. The van der Waals surface area contributed by atoms with Crippen molar-refractivity contribution in [3.8, 4) is 16.6 Å². The summed E-state index contributed by atoms with van der Waals surface area (Å²) in [6, 6.07) is 17.5. The number of aromatic nitrogens is 3. The maximum absolute atomic E-state index is 13.2. The molecule has 1 atom stereocenters. The largest absolute Gasteiger partial charge is 0.454 e. The summed E-state index contributed by atoms with van der Waals surface area (Å²) in [4.78, 5) is 32.4. The monoisotopic (exact) mass is 511 g/mol. The van der Waals surface area contributed by atoms with Crippen LogP contribution in [-0.4, -0.2) is 33.1 Å². The summed E-state index contributed by atoms with van der Waals surface area (Å²) in [5, 5.41) is 11.1. The van der Waals surface area contributed by atoms with E-state index in [0.717, 1.165) is 27.9 Å². The molecular formula is C28H25N5O3S. The molecule has 0 aliphatic carbocycles. The van der Waals surface area contributed by atoms with Crippen molar-refractivity contribution in [3.63, 3.8) is 0 Å². The summed E-state index contributed by atoms with van der Waals surface area (Å²) < 4.78 is 7.58. The van der Waals surface area contributed by atoms with Gasteiger partial charge in [0.2, 0.25) is 16.9 Å². The molecule has 1 aliphatic heterocycles. The molecule has 0 bridgehead atoms. The molecule has 2 aromatic carbocycles. The second-order valence-corrected chi connectivity index (χ2v) is 10.2. The molecule has 0 saturated carbocycles. The van der Waals surface area contributed by atoms with Crippen LogP contribution < -0.4 is 10.2 Å². The lowest BCUT2D eigenvalue weighted by Crippen LogP contribution is -2.28. The van der Waals surface area contributed by atoms with Crippen LogP contribution in [0, 0.1) is 26.7 Å². The molecule has 5 aromatic rings. The molecule has 1 aliphatic rings. The minimum Gasteiger partial charge on any atom is -0.454 e. The lowest BCUT2D eigenvalue weighted by atomic mass is 10.1. The Morgan fingerprint density at radius 2 is 1.92 bits per heavy atom. The molecule has 1 unspecified atom stereocenters. The standard InChI is InChI=1S/C28H25N5O3S/c1-16-8-9-21(10-17(16)2)32-14-20(13-26(32)34)27(35)30-25-11-18(3)31-33(25)28-29-22(15-37-28)24-12-19-6-4-5-7-23(19)36-24/h4-12,15,20H,13-14H2,1-3H3,(H,30,35). The number of thiazole rings is 1. The zero-order valence-electron chi connectivity index (χ0n) is 20.7. The number of carbonyl (C=O) groups is 2. The van der Waals surface area contributed by atoms with Crippen LogP contribution in [0.3, 0.4) is 0 Å². The third-order valence-electron chi connectivity index (χ3n) is 6.73. The highest BCUT2D eigenvalue weighted by Gasteiger charge is 2.35. The second kappa shape index (κ2) is 9.01. The number of nitrogens with zero attached hydrogens (tertiary/aromatic N) is 4. The first-order chi connectivity index (χ1) is 17.9. The lowest BCUT2D eigenvalue weighted by molar-refractivity contribution is -0.122. The zero-order valence-corrected chi connectivity index (χ0v) is 21.5. The van der Waals surface area contributed by atoms with Gasteiger partial charge in [0, 0.05) is 35.5 Å². The van der Waals surface area contributed by atoms with Gasteiger partial charge < -0.3 is 14.6 Å². The van der Waals surface area contributed by atoms with Gasteiger partial charge in [-0.3, -0.25) is 9.59 Å². The molecule has 1 N–H and O–H groups in total. The van der Waals surface area contributed by atoms with Crippen molar-refractivity contribution >= 4 is 45.6 Å². The van der Waals surface area contributed by atoms with Crippen molar-refractivity contribution in [2.45, 2.75) is 27.2 Å². The van der Waals surface area contributed by atoms with Crippen LogP contribution >= 0.6 is 11.3 Å². The fourth-order valence-electron chi connectivity index (χ4n) is 4.57. The summed E-state index contributed by atoms with van der Waals surface area (Å²) in [5.74, 6) is 0.470. The Bertz CT molecular complexity index is 1630. The first-order valence-electron chi connectivity index (χ1n) is 12.1. The van der Waals surface area contributed by atoms with E-state index in [0.29, 0.717) is 28.9 Å². The molecule has 0 radical (unpaired) electrons. The summed E-state index contributed by atoms with van der Waals surface area (Å²) >= 11 is 1.41. The van der Waals surface area contributed by atoms with Crippen LogP contribution in [-0.2, 0) is 9.59 Å². The number of hydrogen-bond donors (Lipinski definition) is 1. The molecular weight excluding hydrogens is 486 g/mol. The predicted octanol–water partition coefficient (Wildman–Crippen LogP) is 5.66. The summed E-state index contributed by atoms with van der Waals surface area (Å²) in [7, 11) is 0. The third kappa shape index (κ3) is 4.31. The molecule has 186 valence electrons. The highest BCUT2D eigenvalue weighted by Crippen LogP contribution is 2.32. The first kappa shape index (κ1) is 23.2. The number of carbonyl (C=O) groups excluding carboxylic acids is 2. The van der Waals surface area contributed by atoms with Crippen LogP contribution in [0.5, 0.6) is 0 Å². The van der Waals surface area contributed by atoms with Crippen molar-refractivity contribution in [1.29, 1.82) is 0 Å². The fraction of sp³-hybridized carbons (Fsp3) is 0.214.